The van der Waals surface area contributed by atoms with Crippen LogP contribution in [-0.2, 0) is 21.0 Å². The van der Waals surface area contributed by atoms with Crippen molar-refractivity contribution in [3.8, 4) is 0 Å². The Kier molecular flexibility index (Phi) is 5.52. The maximum absolute atomic E-state index is 13.1. The van der Waals surface area contributed by atoms with Crippen molar-refractivity contribution in [2.24, 2.45) is 0 Å². The number of carbonyl (C=O) groups is 1. The summed E-state index contributed by atoms with van der Waals surface area (Å²) in [5.41, 5.74) is -1.38. The first kappa shape index (κ1) is 20.1. The molecule has 0 aromatic heterocycles. The Bertz CT molecular complexity index is 929. The number of rotatable bonds is 4. The molecule has 2 aromatic rings. The van der Waals surface area contributed by atoms with Crippen LogP contribution in [0.3, 0.4) is 0 Å². The van der Waals surface area contributed by atoms with Gasteiger partial charge in [-0.1, -0.05) is 11.6 Å². The molecule has 0 unspecified atom stereocenters. The van der Waals surface area contributed by atoms with Crippen LogP contribution in [0.2, 0.25) is 5.02 Å². The minimum absolute atomic E-state index is 0.170. The molecule has 0 bridgehead atoms. The molecule has 5 nitrogen and oxygen atoms in total. The van der Waals surface area contributed by atoms with Gasteiger partial charge in [0.05, 0.1) is 16.1 Å². The molecule has 0 radical (unpaired) electrons. The molecule has 140 valence electrons. The molecule has 0 fully saturated rings. The van der Waals surface area contributed by atoms with E-state index in [1.807, 2.05) is 4.72 Å². The number of hydrogen-bond acceptors (Lipinski definition) is 3. The van der Waals surface area contributed by atoms with E-state index in [4.69, 9.17) is 11.6 Å². The number of hydrogen-bond donors (Lipinski definition) is 1. The third kappa shape index (κ3) is 4.47. The van der Waals surface area contributed by atoms with Gasteiger partial charge in [0.1, 0.15) is 0 Å². The van der Waals surface area contributed by atoms with Gasteiger partial charge in [0, 0.05) is 24.7 Å². The zero-order valence-corrected chi connectivity index (χ0v) is 15.2. The summed E-state index contributed by atoms with van der Waals surface area (Å²) < 4.78 is 66.0. The van der Waals surface area contributed by atoms with E-state index in [0.29, 0.717) is 11.8 Å². The number of anilines is 2. The van der Waals surface area contributed by atoms with Crippen LogP contribution in [0.15, 0.2) is 47.4 Å². The average molecular weight is 407 g/mol. The SMILES string of the molecule is CC(=O)N(C)c1ccc(S(=O)(=O)Nc2ccc(Cl)cc2C(F)(F)F)cc1. The Morgan fingerprint density at radius 3 is 2.19 bits per heavy atom. The van der Waals surface area contributed by atoms with Crippen molar-refractivity contribution in [1.82, 2.24) is 0 Å². The summed E-state index contributed by atoms with van der Waals surface area (Å²) in [6, 6.07) is 7.88. The minimum atomic E-state index is -4.78. The lowest BCUT2D eigenvalue weighted by atomic mass is 10.2. The molecule has 0 aliphatic rings. The maximum Gasteiger partial charge on any atom is 0.418 e. The van der Waals surface area contributed by atoms with Gasteiger partial charge in [0.2, 0.25) is 5.91 Å². The highest BCUT2D eigenvalue weighted by Gasteiger charge is 2.35. The molecule has 0 saturated heterocycles. The second-order valence-corrected chi connectivity index (χ2v) is 7.48. The number of nitrogens with one attached hydrogen (secondary N) is 1. The van der Waals surface area contributed by atoms with Crippen LogP contribution in [0.4, 0.5) is 24.5 Å². The molecule has 0 saturated carbocycles. The topological polar surface area (TPSA) is 66.5 Å². The molecule has 0 aliphatic heterocycles. The van der Waals surface area contributed by atoms with Crippen LogP contribution < -0.4 is 9.62 Å². The highest BCUT2D eigenvalue weighted by Crippen LogP contribution is 2.37. The van der Waals surface area contributed by atoms with Crippen LogP contribution in [0.5, 0.6) is 0 Å². The number of carbonyl (C=O) groups excluding carboxylic acids is 1. The van der Waals surface area contributed by atoms with Gasteiger partial charge in [-0.25, -0.2) is 8.42 Å². The summed E-state index contributed by atoms with van der Waals surface area (Å²) in [7, 11) is -2.76. The van der Waals surface area contributed by atoms with Gasteiger partial charge in [-0.3, -0.25) is 9.52 Å². The molecule has 10 heteroatoms. The summed E-state index contributed by atoms with van der Waals surface area (Å²) >= 11 is 5.57. The lowest BCUT2D eigenvalue weighted by Gasteiger charge is -2.17. The Hall–Kier alpha value is -2.26. The van der Waals surface area contributed by atoms with Crippen LogP contribution in [0.25, 0.3) is 0 Å². The number of nitrogens with zero attached hydrogens (tertiary/aromatic N) is 1. The first-order valence-electron chi connectivity index (χ1n) is 7.16. The Morgan fingerprint density at radius 2 is 1.69 bits per heavy atom. The summed E-state index contributed by atoms with van der Waals surface area (Å²) in [5, 5.41) is -0.170. The highest BCUT2D eigenvalue weighted by atomic mass is 35.5. The monoisotopic (exact) mass is 406 g/mol. The van der Waals surface area contributed by atoms with Crippen molar-refractivity contribution in [3.05, 3.63) is 53.1 Å². The number of benzene rings is 2. The molecule has 0 spiro atoms. The maximum atomic E-state index is 13.1. The van der Waals surface area contributed by atoms with E-state index in [9.17, 15) is 26.4 Å². The van der Waals surface area contributed by atoms with Crippen LogP contribution in [-0.4, -0.2) is 21.4 Å². The molecule has 1 N–H and O–H groups in total. The smallest absolute Gasteiger partial charge is 0.316 e. The molecule has 2 aromatic carbocycles. The van der Waals surface area contributed by atoms with E-state index in [2.05, 4.69) is 0 Å². The minimum Gasteiger partial charge on any atom is -0.316 e. The summed E-state index contributed by atoms with van der Waals surface area (Å²) in [6.07, 6.45) is -4.78. The normalized spacial score (nSPS) is 11.9. The average Bonchev–Trinajstić information content (AvgIpc) is 2.54. The van der Waals surface area contributed by atoms with E-state index >= 15 is 0 Å². The predicted molar refractivity (Wildman–Crippen MR) is 92.8 cm³/mol. The van der Waals surface area contributed by atoms with E-state index < -0.39 is 27.5 Å². The lowest BCUT2D eigenvalue weighted by molar-refractivity contribution is -0.136. The quantitative estimate of drug-likeness (QED) is 0.829. The number of halogens is 4. The molecule has 1 amide bonds. The first-order valence-corrected chi connectivity index (χ1v) is 9.02. The van der Waals surface area contributed by atoms with Crippen molar-refractivity contribution >= 4 is 38.9 Å². The van der Waals surface area contributed by atoms with Gasteiger partial charge >= 0.3 is 6.18 Å². The first-order chi connectivity index (χ1) is 11.9. The van der Waals surface area contributed by atoms with Crippen molar-refractivity contribution < 1.29 is 26.4 Å². The molecule has 0 atom stereocenters. The van der Waals surface area contributed by atoms with Gasteiger partial charge in [-0.2, -0.15) is 13.2 Å². The second-order valence-electron chi connectivity index (χ2n) is 5.37. The fourth-order valence-electron chi connectivity index (χ4n) is 2.07. The van der Waals surface area contributed by atoms with Gasteiger partial charge in [0.25, 0.3) is 10.0 Å². The zero-order valence-electron chi connectivity index (χ0n) is 13.6. The Labute approximate surface area is 153 Å². The highest BCUT2D eigenvalue weighted by molar-refractivity contribution is 7.92. The largest absolute Gasteiger partial charge is 0.418 e. The Balaban J connectivity index is 2.37. The molecule has 2 rings (SSSR count). The summed E-state index contributed by atoms with van der Waals surface area (Å²) in [5.74, 6) is -0.255. The number of sulfonamides is 1. The van der Waals surface area contributed by atoms with Gasteiger partial charge in [-0.15, -0.1) is 0 Å². The fourth-order valence-corrected chi connectivity index (χ4v) is 3.33. The lowest BCUT2D eigenvalue weighted by Crippen LogP contribution is -2.23. The van der Waals surface area contributed by atoms with Crippen molar-refractivity contribution in [3.63, 3.8) is 0 Å². The standard InChI is InChI=1S/C16H14ClF3N2O3S/c1-10(23)22(2)12-4-6-13(7-5-12)26(24,25)21-15-8-3-11(17)9-14(15)16(18,19)20/h3-9,21H,1-2H3. The van der Waals surface area contributed by atoms with Crippen LogP contribution in [0, 0.1) is 0 Å². The van der Waals surface area contributed by atoms with Crippen LogP contribution >= 0.6 is 11.6 Å². The fraction of sp³-hybridized carbons (Fsp3) is 0.188. The van der Waals surface area contributed by atoms with Crippen molar-refractivity contribution in [2.75, 3.05) is 16.7 Å². The Morgan fingerprint density at radius 1 is 1.12 bits per heavy atom. The van der Waals surface area contributed by atoms with E-state index in [1.54, 1.807) is 0 Å². The number of amides is 1. The third-order valence-corrected chi connectivity index (χ3v) is 5.15. The number of alkyl halides is 3. The summed E-state index contributed by atoms with van der Waals surface area (Å²) in [6.45, 7) is 1.34. The molecule has 26 heavy (non-hydrogen) atoms. The molecule has 0 heterocycles. The van der Waals surface area contributed by atoms with Gasteiger partial charge in [-0.05, 0) is 42.5 Å². The van der Waals surface area contributed by atoms with Gasteiger partial charge in [0.15, 0.2) is 0 Å². The molecular weight excluding hydrogens is 393 g/mol. The van der Waals surface area contributed by atoms with E-state index in [0.717, 1.165) is 12.1 Å². The van der Waals surface area contributed by atoms with E-state index in [1.165, 1.54) is 43.1 Å². The third-order valence-electron chi connectivity index (χ3n) is 3.54. The van der Waals surface area contributed by atoms with Crippen LogP contribution in [0.1, 0.15) is 12.5 Å². The zero-order chi connectivity index (χ0) is 19.7. The molecule has 0 aliphatic carbocycles. The molecular formula is C16H14ClF3N2O3S. The summed E-state index contributed by atoms with van der Waals surface area (Å²) in [4.78, 5) is 12.4. The predicted octanol–water partition coefficient (Wildman–Crippen LogP) is 4.14. The van der Waals surface area contributed by atoms with E-state index in [-0.39, 0.29) is 15.8 Å². The second kappa shape index (κ2) is 7.16. The van der Waals surface area contributed by atoms with Crippen molar-refractivity contribution in [2.45, 2.75) is 18.0 Å². The van der Waals surface area contributed by atoms with Crippen molar-refractivity contribution in [1.29, 1.82) is 0 Å². The van der Waals surface area contributed by atoms with Gasteiger partial charge < -0.3 is 4.90 Å².